The Labute approximate surface area is 232 Å². The summed E-state index contributed by atoms with van der Waals surface area (Å²) in [5.74, 6) is -1.88. The molecule has 0 radical (unpaired) electrons. The van der Waals surface area contributed by atoms with Crippen LogP contribution in [0.25, 0.3) is 17.0 Å². The summed E-state index contributed by atoms with van der Waals surface area (Å²) in [4.78, 5) is 42.3. The number of H-pyrrole nitrogens is 1. The standard InChI is InChI=1S/C29H21FN2O5S2/c30-20-9-7-18(8-10-20)25(33)16-37-21-11-5-17(6-12-21)13-26-27(34)32(29(38)39-26)24(28(35)36)14-19-15-31-23-4-2-1-3-22(19)23/h1-13,15,24,31H,14,16H2,(H,35,36)/b26-13-/t24-/m0/s1. The number of benzene rings is 3. The van der Waals surface area contributed by atoms with Crippen LogP contribution in [-0.2, 0) is 16.0 Å². The van der Waals surface area contributed by atoms with Crippen molar-refractivity contribution in [3.63, 3.8) is 0 Å². The number of Topliss-reactive ketones (excluding diaryl/α,β-unsaturated/α-hetero) is 1. The summed E-state index contributed by atoms with van der Waals surface area (Å²) in [5.41, 5.74) is 2.69. The molecule has 7 nitrogen and oxygen atoms in total. The van der Waals surface area contributed by atoms with Crippen molar-refractivity contribution in [3.05, 3.63) is 106 Å². The molecule has 1 aliphatic rings. The van der Waals surface area contributed by atoms with Gasteiger partial charge in [-0.2, -0.15) is 0 Å². The number of ether oxygens (including phenoxy) is 1. The summed E-state index contributed by atoms with van der Waals surface area (Å²) in [5, 5.41) is 10.9. The van der Waals surface area contributed by atoms with Gasteiger partial charge in [-0.3, -0.25) is 14.5 Å². The molecule has 0 aliphatic carbocycles. The van der Waals surface area contributed by atoms with Crippen molar-refractivity contribution in [1.82, 2.24) is 9.88 Å². The number of carbonyl (C=O) groups is 3. The van der Waals surface area contributed by atoms with Gasteiger partial charge < -0.3 is 14.8 Å². The van der Waals surface area contributed by atoms with Crippen LogP contribution >= 0.6 is 24.0 Å². The Morgan fingerprint density at radius 3 is 2.51 bits per heavy atom. The third kappa shape index (κ3) is 5.76. The third-order valence-electron chi connectivity index (χ3n) is 6.22. The van der Waals surface area contributed by atoms with Crippen molar-refractivity contribution in [2.75, 3.05) is 6.61 Å². The predicted octanol–water partition coefficient (Wildman–Crippen LogP) is 5.47. The molecule has 39 heavy (non-hydrogen) atoms. The highest BCUT2D eigenvalue weighted by atomic mass is 32.2. The lowest BCUT2D eigenvalue weighted by atomic mass is 10.0. The molecule has 1 aliphatic heterocycles. The van der Waals surface area contributed by atoms with Gasteiger partial charge in [0, 0.05) is 29.1 Å². The normalized spacial score (nSPS) is 15.2. The zero-order chi connectivity index (χ0) is 27.5. The average molecular weight is 561 g/mol. The van der Waals surface area contributed by atoms with Gasteiger partial charge in [0.1, 0.15) is 21.9 Å². The highest BCUT2D eigenvalue weighted by Crippen LogP contribution is 2.35. The number of hydrogen-bond acceptors (Lipinski definition) is 6. The Bertz CT molecular complexity index is 1610. The van der Waals surface area contributed by atoms with Gasteiger partial charge in [0.25, 0.3) is 5.91 Å². The number of thioether (sulfide) groups is 1. The number of carboxylic acid groups (broad SMARTS) is 1. The molecule has 1 amide bonds. The molecule has 0 spiro atoms. The Morgan fingerprint density at radius 1 is 1.08 bits per heavy atom. The van der Waals surface area contributed by atoms with Gasteiger partial charge in [0.15, 0.2) is 12.4 Å². The number of nitrogens with zero attached hydrogens (tertiary/aromatic N) is 1. The summed E-state index contributed by atoms with van der Waals surface area (Å²) >= 11 is 6.46. The number of rotatable bonds is 9. The Hall–Kier alpha value is -4.28. The number of halogens is 1. The average Bonchev–Trinajstić information content (AvgIpc) is 3.46. The van der Waals surface area contributed by atoms with Crippen molar-refractivity contribution in [1.29, 1.82) is 0 Å². The van der Waals surface area contributed by atoms with Crippen molar-refractivity contribution in [2.24, 2.45) is 0 Å². The fourth-order valence-electron chi connectivity index (χ4n) is 4.23. The number of carboxylic acids is 1. The molecule has 1 saturated heterocycles. The SMILES string of the molecule is O=C(COc1ccc(/C=C2\SC(=S)N([C@@H](Cc3c[nH]c4ccccc34)C(=O)O)C2=O)cc1)c1ccc(F)cc1. The van der Waals surface area contributed by atoms with E-state index >= 15 is 0 Å². The number of aliphatic carboxylic acids is 1. The number of para-hydroxylation sites is 1. The van der Waals surface area contributed by atoms with Crippen molar-refractivity contribution >= 4 is 62.9 Å². The summed E-state index contributed by atoms with van der Waals surface area (Å²) in [6.45, 7) is -0.212. The molecular formula is C29H21FN2O5S2. The van der Waals surface area contributed by atoms with Crippen LogP contribution in [0.3, 0.4) is 0 Å². The highest BCUT2D eigenvalue weighted by Gasteiger charge is 2.40. The number of fused-ring (bicyclic) bond motifs is 1. The Balaban J connectivity index is 1.27. The molecule has 196 valence electrons. The topological polar surface area (TPSA) is 99.7 Å². The van der Waals surface area contributed by atoms with E-state index in [2.05, 4.69) is 4.98 Å². The van der Waals surface area contributed by atoms with Crippen LogP contribution in [0.1, 0.15) is 21.5 Å². The van der Waals surface area contributed by atoms with Gasteiger partial charge in [-0.25, -0.2) is 9.18 Å². The molecule has 1 fully saturated rings. The lowest BCUT2D eigenvalue weighted by Crippen LogP contribution is -2.45. The van der Waals surface area contributed by atoms with Crippen LogP contribution in [0.5, 0.6) is 5.75 Å². The molecule has 1 atom stereocenters. The summed E-state index contributed by atoms with van der Waals surface area (Å²) in [7, 11) is 0. The van der Waals surface area contributed by atoms with E-state index in [1.54, 1.807) is 36.5 Å². The number of carbonyl (C=O) groups excluding carboxylic acids is 2. The summed E-state index contributed by atoms with van der Waals surface area (Å²) in [6.07, 6.45) is 3.49. The molecule has 5 rings (SSSR count). The fraction of sp³-hybridized carbons (Fsp3) is 0.103. The lowest BCUT2D eigenvalue weighted by Gasteiger charge is -2.23. The number of amides is 1. The van der Waals surface area contributed by atoms with Crippen LogP contribution in [-0.4, -0.2) is 49.6 Å². The molecule has 2 heterocycles. The number of ketones is 1. The van der Waals surface area contributed by atoms with Gasteiger partial charge in [0.2, 0.25) is 0 Å². The monoisotopic (exact) mass is 560 g/mol. The Morgan fingerprint density at radius 2 is 1.79 bits per heavy atom. The lowest BCUT2D eigenvalue weighted by molar-refractivity contribution is -0.145. The number of hydrogen-bond donors (Lipinski definition) is 2. The first-order chi connectivity index (χ1) is 18.8. The van der Waals surface area contributed by atoms with E-state index in [-0.39, 0.29) is 23.1 Å². The second kappa shape index (κ2) is 11.2. The van der Waals surface area contributed by atoms with E-state index in [0.29, 0.717) is 21.8 Å². The molecule has 10 heteroatoms. The van der Waals surface area contributed by atoms with Crippen LogP contribution in [0, 0.1) is 5.82 Å². The second-order valence-electron chi connectivity index (χ2n) is 8.76. The van der Waals surface area contributed by atoms with Gasteiger partial charge in [-0.05, 0) is 59.7 Å². The molecule has 0 saturated carbocycles. The minimum atomic E-state index is -1.16. The first-order valence-electron chi connectivity index (χ1n) is 11.9. The van der Waals surface area contributed by atoms with E-state index in [1.807, 2.05) is 24.3 Å². The van der Waals surface area contributed by atoms with Gasteiger partial charge in [-0.1, -0.05) is 54.3 Å². The molecule has 2 N–H and O–H groups in total. The first-order valence-corrected chi connectivity index (χ1v) is 13.1. The number of aromatic nitrogens is 1. The minimum absolute atomic E-state index is 0.0990. The van der Waals surface area contributed by atoms with Crippen molar-refractivity contribution in [3.8, 4) is 5.75 Å². The van der Waals surface area contributed by atoms with E-state index < -0.39 is 23.7 Å². The Kier molecular flexibility index (Phi) is 7.58. The number of nitrogens with one attached hydrogen (secondary N) is 1. The smallest absolute Gasteiger partial charge is 0.327 e. The molecule has 4 aromatic rings. The minimum Gasteiger partial charge on any atom is -0.485 e. The van der Waals surface area contributed by atoms with Crippen LogP contribution in [0.4, 0.5) is 4.39 Å². The van der Waals surface area contributed by atoms with E-state index in [1.165, 1.54) is 24.3 Å². The molecule has 0 bridgehead atoms. The van der Waals surface area contributed by atoms with Crippen molar-refractivity contribution < 1.29 is 28.6 Å². The summed E-state index contributed by atoms with van der Waals surface area (Å²) < 4.78 is 18.8. The van der Waals surface area contributed by atoms with Crippen LogP contribution in [0.15, 0.2) is 83.9 Å². The highest BCUT2D eigenvalue weighted by molar-refractivity contribution is 8.26. The molecule has 1 aromatic heterocycles. The van der Waals surface area contributed by atoms with Gasteiger partial charge >= 0.3 is 5.97 Å². The second-order valence-corrected chi connectivity index (χ2v) is 10.4. The first kappa shape index (κ1) is 26.3. The molecule has 3 aromatic carbocycles. The zero-order valence-corrected chi connectivity index (χ0v) is 21.9. The third-order valence-corrected chi connectivity index (χ3v) is 7.55. The maximum absolute atomic E-state index is 13.3. The maximum atomic E-state index is 13.3. The number of aromatic amines is 1. The van der Waals surface area contributed by atoms with Gasteiger partial charge in [-0.15, -0.1) is 0 Å². The van der Waals surface area contributed by atoms with E-state index in [0.717, 1.165) is 33.1 Å². The zero-order valence-electron chi connectivity index (χ0n) is 20.3. The fourth-order valence-corrected chi connectivity index (χ4v) is 5.58. The summed E-state index contributed by atoms with van der Waals surface area (Å²) in [6, 6.07) is 18.4. The van der Waals surface area contributed by atoms with E-state index in [9.17, 15) is 23.9 Å². The maximum Gasteiger partial charge on any atom is 0.327 e. The largest absolute Gasteiger partial charge is 0.485 e. The predicted molar refractivity (Wildman–Crippen MR) is 151 cm³/mol. The quantitative estimate of drug-likeness (QED) is 0.159. The van der Waals surface area contributed by atoms with Crippen LogP contribution < -0.4 is 4.74 Å². The van der Waals surface area contributed by atoms with E-state index in [4.69, 9.17) is 17.0 Å². The molecular weight excluding hydrogens is 539 g/mol. The molecule has 0 unspecified atom stereocenters. The van der Waals surface area contributed by atoms with Crippen molar-refractivity contribution in [2.45, 2.75) is 12.5 Å². The van der Waals surface area contributed by atoms with Crippen LogP contribution in [0.2, 0.25) is 0 Å². The number of thiocarbonyl (C=S) groups is 1. The van der Waals surface area contributed by atoms with Gasteiger partial charge in [0.05, 0.1) is 4.91 Å².